The Morgan fingerprint density at radius 3 is 2.38 bits per heavy atom. The number of aromatic nitrogens is 3. The molecule has 0 N–H and O–H groups in total. The van der Waals surface area contributed by atoms with Crippen LogP contribution in [-0.4, -0.2) is 68.4 Å². The first-order valence-corrected chi connectivity index (χ1v) is 12.2. The van der Waals surface area contributed by atoms with Crippen LogP contribution in [0.15, 0.2) is 59.8 Å². The number of amides is 1. The van der Waals surface area contributed by atoms with E-state index in [0.717, 1.165) is 49.8 Å². The van der Waals surface area contributed by atoms with Crippen molar-refractivity contribution in [3.63, 3.8) is 0 Å². The average Bonchev–Trinajstić information content (AvgIpc) is 3.21. The number of thioether (sulfide) groups is 1. The predicted molar refractivity (Wildman–Crippen MR) is 130 cm³/mol. The molecule has 4 rings (SSSR count). The number of hydrogen-bond donors (Lipinski definition) is 0. The van der Waals surface area contributed by atoms with Crippen molar-refractivity contribution in [3.05, 3.63) is 71.0 Å². The van der Waals surface area contributed by atoms with Gasteiger partial charge < -0.3 is 9.80 Å². The minimum atomic E-state index is -0.247. The summed E-state index contributed by atoms with van der Waals surface area (Å²) in [4.78, 5) is 17.4. The number of rotatable bonds is 7. The fraction of sp³-hybridized carbons (Fsp3) is 0.375. The van der Waals surface area contributed by atoms with Crippen molar-refractivity contribution in [2.45, 2.75) is 30.7 Å². The Morgan fingerprint density at radius 1 is 1.03 bits per heavy atom. The molecule has 1 aliphatic heterocycles. The normalized spacial score (nSPS) is 15.7. The number of hydrogen-bond acceptors (Lipinski definition) is 5. The molecular weight excluding hydrogens is 442 g/mol. The molecule has 6 nitrogen and oxygen atoms in total. The molecule has 0 spiro atoms. The van der Waals surface area contributed by atoms with Crippen molar-refractivity contribution in [3.8, 4) is 5.69 Å². The standard InChI is InChI=1S/C24H28ClN5OS/c1-3-28-13-15-29(16-14-28)23(31)18(2)32-24-27-26-22(17-19-7-5-4-6-8-19)30(24)21-11-9-20(25)10-12-21/h4-12,18H,3,13-17H2,1-2H3/t18-/m0/s1. The van der Waals surface area contributed by atoms with Crippen LogP contribution in [0, 0.1) is 0 Å². The van der Waals surface area contributed by atoms with Gasteiger partial charge in [0.1, 0.15) is 5.82 Å². The van der Waals surface area contributed by atoms with Crippen LogP contribution >= 0.6 is 23.4 Å². The van der Waals surface area contributed by atoms with Crippen LogP contribution in [0.4, 0.5) is 0 Å². The maximum atomic E-state index is 13.1. The molecule has 2 heterocycles. The molecule has 0 radical (unpaired) electrons. The van der Waals surface area contributed by atoms with Crippen LogP contribution in [0.3, 0.4) is 0 Å². The Balaban J connectivity index is 1.56. The second-order valence-corrected chi connectivity index (χ2v) is 9.64. The quantitative estimate of drug-likeness (QED) is 0.486. The van der Waals surface area contributed by atoms with E-state index in [1.54, 1.807) is 0 Å². The summed E-state index contributed by atoms with van der Waals surface area (Å²) in [5.41, 5.74) is 2.09. The molecule has 8 heteroatoms. The predicted octanol–water partition coefficient (Wildman–Crippen LogP) is 4.16. The van der Waals surface area contributed by atoms with Crippen molar-refractivity contribution in [1.29, 1.82) is 0 Å². The molecule has 0 unspecified atom stereocenters. The van der Waals surface area contributed by atoms with Crippen molar-refractivity contribution >= 4 is 29.3 Å². The van der Waals surface area contributed by atoms with Gasteiger partial charge in [0.25, 0.3) is 0 Å². The highest BCUT2D eigenvalue weighted by Gasteiger charge is 2.27. The van der Waals surface area contributed by atoms with Gasteiger partial charge in [-0.25, -0.2) is 0 Å². The summed E-state index contributed by atoms with van der Waals surface area (Å²) in [5, 5.41) is 10.1. The lowest BCUT2D eigenvalue weighted by atomic mass is 10.1. The maximum Gasteiger partial charge on any atom is 0.235 e. The van der Waals surface area contributed by atoms with Gasteiger partial charge in [-0.3, -0.25) is 9.36 Å². The summed E-state index contributed by atoms with van der Waals surface area (Å²) in [7, 11) is 0. The molecule has 1 aliphatic rings. The Hall–Kier alpha value is -2.35. The number of halogens is 1. The van der Waals surface area contributed by atoms with Crippen LogP contribution in [0.2, 0.25) is 5.02 Å². The van der Waals surface area contributed by atoms with E-state index < -0.39 is 0 Å². The average molecular weight is 470 g/mol. The van der Waals surface area contributed by atoms with Gasteiger partial charge in [0, 0.05) is 43.3 Å². The molecule has 1 atom stereocenters. The highest BCUT2D eigenvalue weighted by atomic mass is 35.5. The number of likely N-dealkylation sites (N-methyl/N-ethyl adjacent to an activating group) is 1. The number of benzene rings is 2. The molecule has 168 valence electrons. The van der Waals surface area contributed by atoms with Crippen LogP contribution in [0.5, 0.6) is 0 Å². The first kappa shape index (κ1) is 22.8. The summed E-state index contributed by atoms with van der Waals surface area (Å²) >= 11 is 7.58. The van der Waals surface area contributed by atoms with E-state index in [9.17, 15) is 4.79 Å². The van der Waals surface area contributed by atoms with E-state index in [-0.39, 0.29) is 11.2 Å². The topological polar surface area (TPSA) is 54.3 Å². The van der Waals surface area contributed by atoms with Gasteiger partial charge in [-0.05, 0) is 43.3 Å². The molecule has 32 heavy (non-hydrogen) atoms. The maximum absolute atomic E-state index is 13.1. The highest BCUT2D eigenvalue weighted by Crippen LogP contribution is 2.28. The molecule has 3 aromatic rings. The van der Waals surface area contributed by atoms with Gasteiger partial charge in [0.15, 0.2) is 5.16 Å². The van der Waals surface area contributed by atoms with Crippen molar-refractivity contribution in [2.24, 2.45) is 0 Å². The molecule has 1 saturated heterocycles. The zero-order valence-corrected chi connectivity index (χ0v) is 20.0. The Kier molecular flexibility index (Phi) is 7.50. The fourth-order valence-electron chi connectivity index (χ4n) is 3.87. The van der Waals surface area contributed by atoms with Crippen LogP contribution in [0.1, 0.15) is 25.2 Å². The number of piperazine rings is 1. The summed E-state index contributed by atoms with van der Waals surface area (Å²) in [6.45, 7) is 8.56. The van der Waals surface area contributed by atoms with Gasteiger partial charge in [-0.2, -0.15) is 0 Å². The van der Waals surface area contributed by atoms with E-state index in [1.807, 2.05) is 58.9 Å². The first-order chi connectivity index (χ1) is 15.5. The number of nitrogens with zero attached hydrogens (tertiary/aromatic N) is 5. The van der Waals surface area contributed by atoms with E-state index in [2.05, 4.69) is 34.2 Å². The molecule has 1 aromatic heterocycles. The van der Waals surface area contributed by atoms with Crippen LogP contribution in [0.25, 0.3) is 5.69 Å². The molecule has 0 bridgehead atoms. The van der Waals surface area contributed by atoms with Crippen molar-refractivity contribution in [1.82, 2.24) is 24.6 Å². The monoisotopic (exact) mass is 469 g/mol. The van der Waals surface area contributed by atoms with Crippen LogP contribution < -0.4 is 0 Å². The molecule has 0 aliphatic carbocycles. The van der Waals surface area contributed by atoms with Gasteiger partial charge >= 0.3 is 0 Å². The molecule has 1 fully saturated rings. The minimum absolute atomic E-state index is 0.154. The van der Waals surface area contributed by atoms with E-state index in [4.69, 9.17) is 11.6 Å². The Bertz CT molecular complexity index is 1030. The molecule has 2 aromatic carbocycles. The number of carbonyl (C=O) groups is 1. The first-order valence-electron chi connectivity index (χ1n) is 11.0. The van der Waals surface area contributed by atoms with E-state index >= 15 is 0 Å². The van der Waals surface area contributed by atoms with Gasteiger partial charge in [0.05, 0.1) is 5.25 Å². The third-order valence-electron chi connectivity index (χ3n) is 5.75. The summed E-state index contributed by atoms with van der Waals surface area (Å²) in [5.74, 6) is 0.984. The van der Waals surface area contributed by atoms with Gasteiger partial charge in [0.2, 0.25) is 5.91 Å². The highest BCUT2D eigenvalue weighted by molar-refractivity contribution is 8.00. The lowest BCUT2D eigenvalue weighted by molar-refractivity contribution is -0.132. The Morgan fingerprint density at radius 2 is 1.72 bits per heavy atom. The summed E-state index contributed by atoms with van der Waals surface area (Å²) in [6.07, 6.45) is 0.651. The third kappa shape index (κ3) is 5.34. The largest absolute Gasteiger partial charge is 0.339 e. The molecule has 1 amide bonds. The zero-order chi connectivity index (χ0) is 22.5. The fourth-order valence-corrected chi connectivity index (χ4v) is 4.97. The van der Waals surface area contributed by atoms with Gasteiger partial charge in [-0.1, -0.05) is 60.6 Å². The van der Waals surface area contributed by atoms with E-state index in [1.165, 1.54) is 11.8 Å². The summed E-state index contributed by atoms with van der Waals surface area (Å²) < 4.78 is 2.03. The zero-order valence-electron chi connectivity index (χ0n) is 18.4. The summed E-state index contributed by atoms with van der Waals surface area (Å²) in [6, 6.07) is 17.8. The van der Waals surface area contributed by atoms with E-state index in [0.29, 0.717) is 16.6 Å². The van der Waals surface area contributed by atoms with Gasteiger partial charge in [-0.15, -0.1) is 10.2 Å². The van der Waals surface area contributed by atoms with Crippen molar-refractivity contribution < 1.29 is 4.79 Å². The third-order valence-corrected chi connectivity index (χ3v) is 7.03. The second kappa shape index (κ2) is 10.5. The lowest BCUT2D eigenvalue weighted by Gasteiger charge is -2.35. The minimum Gasteiger partial charge on any atom is -0.339 e. The lowest BCUT2D eigenvalue weighted by Crippen LogP contribution is -2.50. The number of carbonyl (C=O) groups excluding carboxylic acids is 1. The van der Waals surface area contributed by atoms with Crippen molar-refractivity contribution in [2.75, 3.05) is 32.7 Å². The smallest absolute Gasteiger partial charge is 0.235 e. The molecule has 0 saturated carbocycles. The Labute approximate surface area is 198 Å². The molecular formula is C24H28ClN5OS. The second-order valence-electron chi connectivity index (χ2n) is 7.89. The SMILES string of the molecule is CCN1CCN(C(=O)[C@H](C)Sc2nnc(Cc3ccccc3)n2-c2ccc(Cl)cc2)CC1. The van der Waals surface area contributed by atoms with Crippen LogP contribution in [-0.2, 0) is 11.2 Å².